The Bertz CT molecular complexity index is 1750. The third-order valence-corrected chi connectivity index (χ3v) is 10.2. The fourth-order valence-electron chi connectivity index (χ4n) is 3.94. The quantitative estimate of drug-likeness (QED) is 0.0971. The molecule has 0 saturated carbocycles. The standard InChI is InChI=1S/C27H23N5O4S4/c1-3-16-6-4-5-15(2)25(16)31-24(34)14-38-26-29-19-9-7-17(11-21(19)39-26)28-23(33)13-37-27-30-20-10-8-18(32(35)36)12-22(20)40-27/h4-12H,3,13-14H2,1-2H3,(H,28,33)(H,31,34). The van der Waals surface area contributed by atoms with Crippen LogP contribution in [0.3, 0.4) is 0 Å². The summed E-state index contributed by atoms with van der Waals surface area (Å²) in [5, 5.41) is 16.9. The molecule has 40 heavy (non-hydrogen) atoms. The van der Waals surface area contributed by atoms with Gasteiger partial charge in [0.25, 0.3) is 5.69 Å². The molecule has 2 aromatic heterocycles. The first-order valence-corrected chi connectivity index (χ1v) is 15.8. The Morgan fingerprint density at radius 2 is 1.52 bits per heavy atom. The van der Waals surface area contributed by atoms with Crippen LogP contribution in [0.1, 0.15) is 18.1 Å². The number of carbonyl (C=O) groups is 2. The lowest BCUT2D eigenvalue weighted by atomic mass is 10.1. The highest BCUT2D eigenvalue weighted by atomic mass is 32.2. The number of carbonyl (C=O) groups excluding carboxylic acids is 2. The Labute approximate surface area is 246 Å². The molecule has 5 rings (SSSR count). The molecule has 2 amide bonds. The maximum Gasteiger partial charge on any atom is 0.270 e. The molecule has 3 aromatic carbocycles. The highest BCUT2D eigenvalue weighted by Gasteiger charge is 2.14. The minimum absolute atomic E-state index is 0.0153. The summed E-state index contributed by atoms with van der Waals surface area (Å²) >= 11 is 5.46. The molecule has 0 radical (unpaired) electrons. The van der Waals surface area contributed by atoms with Gasteiger partial charge in [-0.2, -0.15) is 0 Å². The van der Waals surface area contributed by atoms with Gasteiger partial charge in [0.1, 0.15) is 0 Å². The van der Waals surface area contributed by atoms with E-state index in [4.69, 9.17) is 0 Å². The van der Waals surface area contributed by atoms with Crippen molar-refractivity contribution in [3.63, 3.8) is 0 Å². The van der Waals surface area contributed by atoms with E-state index in [1.54, 1.807) is 12.1 Å². The third kappa shape index (κ3) is 6.61. The molecule has 0 aliphatic carbocycles. The number of aromatic nitrogens is 2. The molecule has 0 atom stereocenters. The van der Waals surface area contributed by atoms with Crippen molar-refractivity contribution in [3.8, 4) is 0 Å². The van der Waals surface area contributed by atoms with E-state index in [1.807, 2.05) is 37.3 Å². The SMILES string of the molecule is CCc1cccc(C)c1NC(=O)CSc1nc2ccc(NC(=O)CSc3nc4ccc([N+](=O)[O-])cc4s3)cc2s1. The molecule has 0 saturated heterocycles. The average molecular weight is 610 g/mol. The molecule has 2 heterocycles. The molecule has 0 spiro atoms. The largest absolute Gasteiger partial charge is 0.325 e. The van der Waals surface area contributed by atoms with Crippen molar-refractivity contribution in [3.05, 3.63) is 75.8 Å². The van der Waals surface area contributed by atoms with E-state index in [9.17, 15) is 19.7 Å². The summed E-state index contributed by atoms with van der Waals surface area (Å²) in [7, 11) is 0. The van der Waals surface area contributed by atoms with Crippen LogP contribution < -0.4 is 10.6 Å². The van der Waals surface area contributed by atoms with Crippen molar-refractivity contribution in [2.24, 2.45) is 0 Å². The van der Waals surface area contributed by atoms with Crippen LogP contribution in [-0.4, -0.2) is 38.2 Å². The highest BCUT2D eigenvalue weighted by Crippen LogP contribution is 2.33. The minimum atomic E-state index is -0.438. The summed E-state index contributed by atoms with van der Waals surface area (Å²) in [5.74, 6) is 0.134. The van der Waals surface area contributed by atoms with Crippen molar-refractivity contribution < 1.29 is 14.5 Å². The Morgan fingerprint density at radius 3 is 2.17 bits per heavy atom. The number of rotatable bonds is 10. The van der Waals surface area contributed by atoms with Gasteiger partial charge < -0.3 is 10.6 Å². The van der Waals surface area contributed by atoms with Crippen molar-refractivity contribution in [1.29, 1.82) is 0 Å². The number of nitrogens with one attached hydrogen (secondary N) is 2. The van der Waals surface area contributed by atoms with E-state index in [2.05, 4.69) is 27.5 Å². The molecule has 204 valence electrons. The first-order valence-electron chi connectivity index (χ1n) is 12.2. The van der Waals surface area contributed by atoms with Gasteiger partial charge in [0.05, 0.1) is 36.9 Å². The zero-order valence-electron chi connectivity index (χ0n) is 21.4. The lowest BCUT2D eigenvalue weighted by Crippen LogP contribution is -2.16. The molecule has 5 aromatic rings. The summed E-state index contributed by atoms with van der Waals surface area (Å²) in [5.41, 5.74) is 5.17. The summed E-state index contributed by atoms with van der Waals surface area (Å²) < 4.78 is 3.07. The molecule has 0 aliphatic rings. The van der Waals surface area contributed by atoms with Crippen LogP contribution >= 0.6 is 46.2 Å². The van der Waals surface area contributed by atoms with E-state index in [1.165, 1.54) is 58.3 Å². The average Bonchev–Trinajstić information content (AvgIpc) is 3.54. The van der Waals surface area contributed by atoms with E-state index in [0.29, 0.717) is 20.2 Å². The summed E-state index contributed by atoms with van der Waals surface area (Å²) in [6, 6.07) is 16.1. The third-order valence-electron chi connectivity index (χ3n) is 5.87. The van der Waals surface area contributed by atoms with E-state index in [-0.39, 0.29) is 29.0 Å². The van der Waals surface area contributed by atoms with Crippen LogP contribution in [0.5, 0.6) is 0 Å². The zero-order valence-corrected chi connectivity index (χ0v) is 24.7. The number of hydrogen-bond donors (Lipinski definition) is 2. The van der Waals surface area contributed by atoms with Crippen LogP contribution in [-0.2, 0) is 16.0 Å². The first-order chi connectivity index (χ1) is 19.3. The number of benzene rings is 3. The molecule has 9 nitrogen and oxygen atoms in total. The second-order valence-electron chi connectivity index (χ2n) is 8.69. The van der Waals surface area contributed by atoms with Gasteiger partial charge in [-0.1, -0.05) is 48.6 Å². The van der Waals surface area contributed by atoms with Crippen molar-refractivity contribution in [2.45, 2.75) is 28.9 Å². The number of amides is 2. The zero-order chi connectivity index (χ0) is 28.2. The van der Waals surface area contributed by atoms with Gasteiger partial charge in [-0.3, -0.25) is 19.7 Å². The number of non-ortho nitro benzene ring substituents is 1. The number of anilines is 2. The molecular formula is C27H23N5O4S4. The predicted molar refractivity (Wildman–Crippen MR) is 165 cm³/mol. The van der Waals surface area contributed by atoms with Gasteiger partial charge in [-0.25, -0.2) is 9.97 Å². The Balaban J connectivity index is 1.16. The number of nitrogens with zero attached hydrogens (tertiary/aromatic N) is 3. The van der Waals surface area contributed by atoms with Crippen LogP contribution in [0.4, 0.5) is 17.1 Å². The lowest BCUT2D eigenvalue weighted by Gasteiger charge is -2.12. The molecule has 0 fully saturated rings. The Morgan fingerprint density at radius 1 is 0.900 bits per heavy atom. The number of thiazole rings is 2. The van der Waals surface area contributed by atoms with Crippen LogP contribution in [0.15, 0.2) is 63.3 Å². The second kappa shape index (κ2) is 12.3. The molecule has 13 heteroatoms. The number of para-hydroxylation sites is 1. The fourth-order valence-corrected chi connectivity index (χ4v) is 7.75. The highest BCUT2D eigenvalue weighted by molar-refractivity contribution is 8.02. The number of hydrogen-bond acceptors (Lipinski definition) is 10. The number of aryl methyl sites for hydroxylation is 2. The summed E-state index contributed by atoms with van der Waals surface area (Å²) in [4.78, 5) is 44.8. The number of thioether (sulfide) groups is 2. The van der Waals surface area contributed by atoms with Gasteiger partial charge in [0.15, 0.2) is 8.68 Å². The van der Waals surface area contributed by atoms with Crippen molar-refractivity contribution >= 4 is 95.5 Å². The summed E-state index contributed by atoms with van der Waals surface area (Å²) in [6.07, 6.45) is 0.842. The van der Waals surface area contributed by atoms with Crippen LogP contribution in [0, 0.1) is 17.0 Å². The smallest absolute Gasteiger partial charge is 0.270 e. The number of nitro groups is 1. The van der Waals surface area contributed by atoms with Gasteiger partial charge in [-0.05, 0) is 48.7 Å². The van der Waals surface area contributed by atoms with Gasteiger partial charge in [-0.15, -0.1) is 22.7 Å². The predicted octanol–water partition coefficient (Wildman–Crippen LogP) is 7.15. The Hall–Kier alpha value is -3.52. The maximum absolute atomic E-state index is 12.6. The van der Waals surface area contributed by atoms with Crippen LogP contribution in [0.25, 0.3) is 20.4 Å². The van der Waals surface area contributed by atoms with Crippen LogP contribution in [0.2, 0.25) is 0 Å². The molecule has 0 bridgehead atoms. The normalized spacial score (nSPS) is 11.2. The lowest BCUT2D eigenvalue weighted by molar-refractivity contribution is -0.384. The van der Waals surface area contributed by atoms with Crippen molar-refractivity contribution in [2.75, 3.05) is 22.1 Å². The second-order valence-corrected chi connectivity index (χ2v) is 13.2. The van der Waals surface area contributed by atoms with Gasteiger partial charge in [0.2, 0.25) is 11.8 Å². The van der Waals surface area contributed by atoms with E-state index >= 15 is 0 Å². The van der Waals surface area contributed by atoms with Gasteiger partial charge in [0, 0.05) is 23.5 Å². The molecular weight excluding hydrogens is 587 g/mol. The fraction of sp³-hybridized carbons (Fsp3) is 0.185. The molecule has 2 N–H and O–H groups in total. The van der Waals surface area contributed by atoms with Gasteiger partial charge >= 0.3 is 0 Å². The maximum atomic E-state index is 12.6. The topological polar surface area (TPSA) is 127 Å². The van der Waals surface area contributed by atoms with Crippen molar-refractivity contribution in [1.82, 2.24) is 9.97 Å². The molecule has 0 unspecified atom stereocenters. The first kappa shape index (κ1) is 28.0. The number of fused-ring (bicyclic) bond motifs is 2. The van der Waals surface area contributed by atoms with E-state index < -0.39 is 4.92 Å². The monoisotopic (exact) mass is 609 g/mol. The molecule has 0 aliphatic heterocycles. The minimum Gasteiger partial charge on any atom is -0.325 e. The summed E-state index contributed by atoms with van der Waals surface area (Å²) in [6.45, 7) is 4.05. The van der Waals surface area contributed by atoms with E-state index in [0.717, 1.165) is 37.8 Å². The Kier molecular flexibility index (Phi) is 8.64. The number of nitro benzene ring substituents is 1.